The second-order valence-electron chi connectivity index (χ2n) is 18.8. The monoisotopic (exact) mass is 1200 g/mol. The molecule has 1 amide bonds. The van der Waals surface area contributed by atoms with Crippen molar-refractivity contribution in [2.24, 2.45) is 28.1 Å². The van der Waals surface area contributed by atoms with Gasteiger partial charge in [0.05, 0.1) is 37.3 Å². The summed E-state index contributed by atoms with van der Waals surface area (Å²) in [6, 6.07) is 0. The van der Waals surface area contributed by atoms with E-state index in [1.807, 2.05) is 0 Å². The number of hydrogen-bond donors (Lipinski definition) is 1. The largest absolute Gasteiger partial charge is 0.464 e. The molecule has 0 radical (unpaired) electrons. The van der Waals surface area contributed by atoms with E-state index in [2.05, 4.69) is 69.0 Å². The van der Waals surface area contributed by atoms with Gasteiger partial charge in [0, 0.05) is 6.54 Å². The quantitative estimate of drug-likeness (QED) is 0.0299. The summed E-state index contributed by atoms with van der Waals surface area (Å²) in [7, 11) is 0. The Labute approximate surface area is 418 Å². The number of nitrogens with one attached hydrogen (secondary N) is 1. The second kappa shape index (κ2) is 24.0. The summed E-state index contributed by atoms with van der Waals surface area (Å²) >= 11 is 12.8. The Balaban J connectivity index is 2.30. The Morgan fingerprint density at radius 1 is 0.485 bits per heavy atom. The molecule has 2 aliphatic heterocycles. The number of alkyl halides is 4. The lowest BCUT2D eigenvalue weighted by Crippen LogP contribution is -2.47. The van der Waals surface area contributed by atoms with E-state index in [0.29, 0.717) is 6.29 Å². The van der Waals surface area contributed by atoms with E-state index in [1.54, 1.807) is 12.2 Å². The van der Waals surface area contributed by atoms with Crippen molar-refractivity contribution in [2.45, 2.75) is 106 Å². The summed E-state index contributed by atoms with van der Waals surface area (Å²) in [4.78, 5) is 117. The van der Waals surface area contributed by atoms with Gasteiger partial charge in [-0.3, -0.25) is 38.4 Å². The SMILES string of the molecule is CC(C)(Br)C(=O)OCC(C)(COC(=O)C(C)(C)Br)C(=O)OCC(C)(COC(=O)C(C)(COC(=O)C(C)(C)Br)COC(=O)C(C)(C)Br)C(=O)OCCOCCNC(=O)[C@H]1C2C=CC(O2)[C@H]1C=O. The van der Waals surface area contributed by atoms with Crippen LogP contribution in [0.25, 0.3) is 0 Å². The molecular formula is C43H61Br4NO18. The van der Waals surface area contributed by atoms with Crippen molar-refractivity contribution >= 4 is 118 Å². The number of aldehydes is 1. The molecule has 2 unspecified atom stereocenters. The second-order valence-corrected chi connectivity index (χ2v) is 26.7. The van der Waals surface area contributed by atoms with Crippen LogP contribution in [-0.4, -0.2) is 149 Å². The molecule has 0 spiro atoms. The molecule has 66 heavy (non-hydrogen) atoms. The fraction of sp³-hybridized carbons (Fsp3) is 0.744. The summed E-state index contributed by atoms with van der Waals surface area (Å²) in [6.45, 7) is 11.4. The van der Waals surface area contributed by atoms with Crippen molar-refractivity contribution < 1.29 is 85.8 Å². The molecule has 0 aromatic carbocycles. The summed E-state index contributed by atoms with van der Waals surface area (Å²) < 4.78 is 44.9. The molecule has 19 nitrogen and oxygen atoms in total. The minimum absolute atomic E-state index is 0.00243. The number of hydrogen-bond acceptors (Lipinski definition) is 18. The van der Waals surface area contributed by atoms with E-state index < -0.39 is 139 Å². The van der Waals surface area contributed by atoms with Crippen LogP contribution in [0, 0.1) is 28.1 Å². The van der Waals surface area contributed by atoms with E-state index in [9.17, 15) is 43.2 Å². The topological polar surface area (TPSA) is 249 Å². The number of carbonyl (C=O) groups excluding carboxylic acids is 9. The van der Waals surface area contributed by atoms with Crippen LogP contribution in [-0.2, 0) is 85.8 Å². The smallest absolute Gasteiger partial charge is 0.322 e. The van der Waals surface area contributed by atoms with Gasteiger partial charge < -0.3 is 52.7 Å². The van der Waals surface area contributed by atoms with E-state index in [1.165, 1.54) is 76.2 Å². The van der Waals surface area contributed by atoms with Crippen LogP contribution in [0.1, 0.15) is 76.2 Å². The van der Waals surface area contributed by atoms with Gasteiger partial charge in [-0.05, 0) is 76.2 Å². The first-order chi connectivity index (χ1) is 30.1. The molecule has 0 saturated carbocycles. The zero-order chi connectivity index (χ0) is 50.7. The molecule has 0 aromatic heterocycles. The highest BCUT2D eigenvalue weighted by Gasteiger charge is 2.50. The van der Waals surface area contributed by atoms with Gasteiger partial charge in [-0.15, -0.1) is 0 Å². The maximum atomic E-state index is 13.9. The Morgan fingerprint density at radius 3 is 1.14 bits per heavy atom. The standard InChI is InChI=1S/C43H61Br4NO18/c1-37(2,44)30(51)60-19-42(10,20-61-31(52)38(3,4)45)35(56)64-23-41(9,24-65-36(57)43(11,21-62-32(53)39(5,6)46)22-63-33(54)40(7,8)47)34(55)59-17-16-58-15-14-48-29(50)28-25(18-49)26-12-13-27(28)66-26/h12-13,18,25-28H,14-17,19-24H2,1-11H3,(H,48,50)/t25-,26?,27?,28-/m1/s1. The molecule has 1 saturated heterocycles. The van der Waals surface area contributed by atoms with Crippen LogP contribution in [0.2, 0.25) is 0 Å². The molecule has 2 bridgehead atoms. The average Bonchev–Trinajstić information content (AvgIpc) is 3.84. The van der Waals surface area contributed by atoms with Gasteiger partial charge in [-0.25, -0.2) is 0 Å². The van der Waals surface area contributed by atoms with Gasteiger partial charge >= 0.3 is 41.8 Å². The zero-order valence-corrected chi connectivity index (χ0v) is 45.3. The summed E-state index contributed by atoms with van der Waals surface area (Å²) in [6.07, 6.45) is 3.25. The summed E-state index contributed by atoms with van der Waals surface area (Å²) in [5.41, 5.74) is -5.64. The van der Waals surface area contributed by atoms with Crippen LogP contribution in [0.15, 0.2) is 12.2 Å². The molecule has 23 heteroatoms. The minimum atomic E-state index is -1.97. The molecule has 2 heterocycles. The first kappa shape index (κ1) is 59.1. The number of rotatable bonds is 27. The number of carbonyl (C=O) groups is 9. The van der Waals surface area contributed by atoms with Crippen LogP contribution >= 0.6 is 63.7 Å². The van der Waals surface area contributed by atoms with E-state index >= 15 is 0 Å². The molecule has 2 rings (SSSR count). The van der Waals surface area contributed by atoms with Gasteiger partial charge in [0.2, 0.25) is 5.91 Å². The Kier molecular flexibility index (Phi) is 21.5. The molecule has 2 aliphatic rings. The highest BCUT2D eigenvalue weighted by atomic mass is 79.9. The lowest BCUT2D eigenvalue weighted by Gasteiger charge is -2.33. The lowest BCUT2D eigenvalue weighted by atomic mass is 9.83. The van der Waals surface area contributed by atoms with Crippen LogP contribution in [0.5, 0.6) is 0 Å². The minimum Gasteiger partial charge on any atom is -0.464 e. The van der Waals surface area contributed by atoms with Crippen molar-refractivity contribution in [1.82, 2.24) is 5.32 Å². The van der Waals surface area contributed by atoms with Crippen molar-refractivity contribution in [1.29, 1.82) is 0 Å². The van der Waals surface area contributed by atoms with Crippen molar-refractivity contribution in [3.05, 3.63) is 12.2 Å². The predicted molar refractivity (Wildman–Crippen MR) is 248 cm³/mol. The number of esters is 7. The van der Waals surface area contributed by atoms with E-state index in [0.717, 1.165) is 0 Å². The predicted octanol–water partition coefficient (Wildman–Crippen LogP) is 4.40. The van der Waals surface area contributed by atoms with E-state index in [4.69, 9.17) is 42.6 Å². The van der Waals surface area contributed by atoms with Gasteiger partial charge in [-0.2, -0.15) is 0 Å². The van der Waals surface area contributed by atoms with Crippen molar-refractivity contribution in [3.63, 3.8) is 0 Å². The molecule has 0 aromatic rings. The third kappa shape index (κ3) is 17.5. The van der Waals surface area contributed by atoms with Gasteiger partial charge in [0.15, 0.2) is 0 Å². The van der Waals surface area contributed by atoms with Crippen LogP contribution in [0.3, 0.4) is 0 Å². The van der Waals surface area contributed by atoms with Crippen LogP contribution < -0.4 is 5.32 Å². The molecule has 374 valence electrons. The maximum Gasteiger partial charge on any atom is 0.322 e. The highest BCUT2D eigenvalue weighted by Crippen LogP contribution is 2.38. The van der Waals surface area contributed by atoms with Gasteiger partial charge in [0.1, 0.15) is 86.1 Å². The number of amides is 1. The van der Waals surface area contributed by atoms with Gasteiger partial charge in [0.25, 0.3) is 0 Å². The number of fused-ring (bicyclic) bond motifs is 2. The third-order valence-corrected chi connectivity index (χ3v) is 11.3. The summed E-state index contributed by atoms with van der Waals surface area (Å²) in [5, 5.41) is 2.70. The summed E-state index contributed by atoms with van der Waals surface area (Å²) in [5.74, 6) is -7.85. The van der Waals surface area contributed by atoms with Crippen molar-refractivity contribution in [3.8, 4) is 0 Å². The Morgan fingerprint density at radius 2 is 0.803 bits per heavy atom. The van der Waals surface area contributed by atoms with Crippen LogP contribution in [0.4, 0.5) is 0 Å². The third-order valence-electron chi connectivity index (χ3n) is 9.97. The number of halogens is 4. The molecule has 4 atom stereocenters. The lowest BCUT2D eigenvalue weighted by molar-refractivity contribution is -0.182. The fourth-order valence-corrected chi connectivity index (χ4v) is 5.98. The van der Waals surface area contributed by atoms with Gasteiger partial charge in [-0.1, -0.05) is 75.9 Å². The molecule has 1 N–H and O–H groups in total. The first-order valence-corrected chi connectivity index (χ1v) is 23.9. The highest BCUT2D eigenvalue weighted by molar-refractivity contribution is 9.10. The number of ether oxygens (including phenoxy) is 9. The molecule has 1 fully saturated rings. The first-order valence-electron chi connectivity index (χ1n) is 20.7. The fourth-order valence-electron chi connectivity index (χ4n) is 5.52. The van der Waals surface area contributed by atoms with E-state index in [-0.39, 0.29) is 32.3 Å². The average molecular weight is 1200 g/mol. The zero-order valence-electron chi connectivity index (χ0n) is 39.0. The maximum absolute atomic E-state index is 13.9. The Hall–Kier alpha value is -2.99. The van der Waals surface area contributed by atoms with Crippen molar-refractivity contribution in [2.75, 3.05) is 66.0 Å². The Bertz CT molecular complexity index is 1680. The normalized spacial score (nSPS) is 18.7. The molecule has 0 aliphatic carbocycles. The molecular weight excluding hydrogens is 1140 g/mol.